The number of halogens is 3. The van der Waals surface area contributed by atoms with Gasteiger partial charge in [-0.25, -0.2) is 5.26 Å². The molecule has 0 aliphatic rings. The van der Waals surface area contributed by atoms with Gasteiger partial charge in [0.15, 0.2) is 0 Å². The van der Waals surface area contributed by atoms with Crippen LogP contribution in [0, 0.1) is 11.2 Å². The Morgan fingerprint density at radius 1 is 1.56 bits per heavy atom. The minimum Gasteiger partial charge on any atom is -0.415 e. The predicted octanol–water partition coefficient (Wildman–Crippen LogP) is 0.0661. The Morgan fingerprint density at radius 3 is 2.11 bits per heavy atom. The van der Waals surface area contributed by atoms with E-state index in [1.807, 2.05) is 0 Å². The number of rotatable bonds is 1. The number of hydrogen-bond donors (Lipinski definition) is 1. The largest absolute Gasteiger partial charge is 0.582 e. The smallest absolute Gasteiger partial charge is 0.415 e. The van der Waals surface area contributed by atoms with Crippen molar-refractivity contribution in [1.29, 1.82) is 5.26 Å². The number of nitrogens with zero attached hydrogens (tertiary/aromatic N) is 1. The van der Waals surface area contributed by atoms with Crippen molar-refractivity contribution in [2.24, 2.45) is 0 Å². The van der Waals surface area contributed by atoms with Crippen LogP contribution in [0.15, 0.2) is 0 Å². The summed E-state index contributed by atoms with van der Waals surface area (Å²) in [5, 5.41) is 15.5. The van der Waals surface area contributed by atoms with Crippen LogP contribution in [0.25, 0.3) is 0 Å². The number of hydrogen-bond acceptors (Lipinski definition) is 3. The summed E-state index contributed by atoms with van der Waals surface area (Å²) >= 11 is 0. The van der Waals surface area contributed by atoms with Crippen molar-refractivity contribution < 1.29 is 22.8 Å². The topological polar surface area (TPSA) is 53.2 Å². The summed E-state index contributed by atoms with van der Waals surface area (Å²) < 4.78 is 35.7. The first-order valence-electron chi connectivity index (χ1n) is 1.78. The molecule has 3 nitrogen and oxygen atoms in total. The van der Waals surface area contributed by atoms with Gasteiger partial charge in [-0.1, -0.05) is 0 Å². The summed E-state index contributed by atoms with van der Waals surface area (Å²) in [6.45, 7) is 0. The fourth-order valence-electron chi connectivity index (χ4n) is 0.153. The molecule has 0 atom stereocenters. The summed E-state index contributed by atoms with van der Waals surface area (Å²) in [5.74, 6) is 0.835. The Kier molecular flexibility index (Phi) is 2.49. The van der Waals surface area contributed by atoms with E-state index in [-0.39, 0.29) is 0 Å². The van der Waals surface area contributed by atoms with E-state index >= 15 is 0 Å². The average Bonchev–Trinajstić information content (AvgIpc) is 1.62. The quantitative estimate of drug-likeness (QED) is 0.522. The molecule has 50 valence electrons. The average molecular weight is 139 g/mol. The van der Waals surface area contributed by atoms with E-state index in [4.69, 9.17) is 10.3 Å². The van der Waals surface area contributed by atoms with Crippen LogP contribution in [0.5, 0.6) is 0 Å². The van der Waals surface area contributed by atoms with Crippen LogP contribution < -0.4 is 0 Å². The lowest BCUT2D eigenvalue weighted by Gasteiger charge is -2.03. The van der Waals surface area contributed by atoms with E-state index in [1.54, 1.807) is 0 Å². The second kappa shape index (κ2) is 2.71. The van der Waals surface area contributed by atoms with Crippen molar-refractivity contribution in [1.82, 2.24) is 0 Å². The molecule has 0 aliphatic heterocycles. The van der Waals surface area contributed by atoms with Gasteiger partial charge in [0.2, 0.25) is 0 Å². The maximum Gasteiger partial charge on any atom is 0.582 e. The maximum absolute atomic E-state index is 11.0. The van der Waals surface area contributed by atoms with Crippen molar-refractivity contribution in [3.05, 3.63) is 0 Å². The van der Waals surface area contributed by atoms with Crippen LogP contribution in [0.4, 0.5) is 13.2 Å². The van der Waals surface area contributed by atoms with Crippen molar-refractivity contribution >= 4 is 7.12 Å². The molecule has 7 heteroatoms. The molecule has 0 aromatic heterocycles. The molecule has 0 saturated carbocycles. The lowest BCUT2D eigenvalue weighted by Crippen LogP contribution is -2.26. The fraction of sp³-hybridized carbons (Fsp3) is 0.500. The molecule has 0 unspecified atom stereocenters. The van der Waals surface area contributed by atoms with Crippen molar-refractivity contribution in [2.75, 3.05) is 0 Å². The van der Waals surface area contributed by atoms with Gasteiger partial charge < -0.3 is 9.68 Å². The third-order valence-corrected chi connectivity index (χ3v) is 0.356. The molecule has 9 heavy (non-hydrogen) atoms. The summed E-state index contributed by atoms with van der Waals surface area (Å²) in [5.41, 5.74) is 0. The van der Waals surface area contributed by atoms with Gasteiger partial charge in [-0.05, 0) is 0 Å². The van der Waals surface area contributed by atoms with Crippen molar-refractivity contribution in [3.63, 3.8) is 0 Å². The minimum atomic E-state index is -4.95. The summed E-state index contributed by atoms with van der Waals surface area (Å²) in [4.78, 5) is 0. The molecule has 0 aromatic carbocycles. The zero-order chi connectivity index (χ0) is 7.49. The summed E-state index contributed by atoms with van der Waals surface area (Å²) in [6.07, 6.45) is -4.95. The molecule has 0 rings (SSSR count). The van der Waals surface area contributed by atoms with E-state index < -0.39 is 13.5 Å². The minimum absolute atomic E-state index is 0.835. The first kappa shape index (κ1) is 8.26. The molecule has 0 amide bonds. The number of alkyl halides is 3. The predicted molar refractivity (Wildman–Crippen MR) is 20.7 cm³/mol. The van der Waals surface area contributed by atoms with Gasteiger partial charge in [-0.15, -0.1) is 13.2 Å². The van der Waals surface area contributed by atoms with Crippen LogP contribution in [-0.2, 0) is 4.65 Å². The monoisotopic (exact) mass is 139 g/mol. The Labute approximate surface area is 48.8 Å². The highest BCUT2D eigenvalue weighted by Gasteiger charge is 2.35. The number of nitriles is 1. The zero-order valence-corrected chi connectivity index (χ0v) is 4.01. The van der Waals surface area contributed by atoms with Crippen LogP contribution >= 0.6 is 0 Å². The third kappa shape index (κ3) is 5.13. The highest BCUT2D eigenvalue weighted by Crippen LogP contribution is 2.16. The molecule has 0 aliphatic carbocycles. The first-order valence-corrected chi connectivity index (χ1v) is 1.78. The second-order valence-electron chi connectivity index (χ2n) is 1.05. The Morgan fingerprint density at radius 2 is 2.00 bits per heavy atom. The van der Waals surface area contributed by atoms with Gasteiger partial charge in [-0.3, -0.25) is 0 Å². The van der Waals surface area contributed by atoms with Gasteiger partial charge in [0.25, 0.3) is 0 Å². The first-order chi connectivity index (χ1) is 3.95. The molecule has 0 saturated heterocycles. The SMILES string of the molecule is N#CB(O)OC(F)(F)F. The molecule has 0 aromatic rings. The summed E-state index contributed by atoms with van der Waals surface area (Å²) in [6, 6.07) is 0. The van der Waals surface area contributed by atoms with Gasteiger partial charge in [0, 0.05) is 0 Å². The van der Waals surface area contributed by atoms with E-state index in [0.29, 0.717) is 0 Å². The Balaban J connectivity index is 3.63. The maximum atomic E-state index is 11.0. The zero-order valence-electron chi connectivity index (χ0n) is 4.01. The molecular formula is C2HBF3NO2. The van der Waals surface area contributed by atoms with E-state index in [0.717, 1.165) is 5.97 Å². The Hall–Kier alpha value is -0.735. The van der Waals surface area contributed by atoms with Crippen LogP contribution in [-0.4, -0.2) is 18.5 Å². The molecule has 0 fully saturated rings. The lowest BCUT2D eigenvalue weighted by atomic mass is 9.96. The third-order valence-electron chi connectivity index (χ3n) is 0.356. The highest BCUT2D eigenvalue weighted by molar-refractivity contribution is 6.52. The summed E-state index contributed by atoms with van der Waals surface area (Å²) in [7, 11) is -2.43. The Bertz CT molecular complexity index is 129. The highest BCUT2D eigenvalue weighted by atomic mass is 19.4. The molecular weight excluding hydrogens is 138 g/mol. The molecule has 0 heterocycles. The van der Waals surface area contributed by atoms with Crippen LogP contribution in [0.3, 0.4) is 0 Å². The standard InChI is InChI=1S/C2HBF3NO2/c4-2(5,6)9-3(8)1-7/h8H. The normalized spacial score (nSPS) is 10.6. The van der Waals surface area contributed by atoms with Gasteiger partial charge in [0.05, 0.1) is 5.97 Å². The van der Waals surface area contributed by atoms with Crippen molar-refractivity contribution in [3.8, 4) is 5.97 Å². The van der Waals surface area contributed by atoms with Crippen molar-refractivity contribution in [2.45, 2.75) is 6.36 Å². The van der Waals surface area contributed by atoms with Gasteiger partial charge >= 0.3 is 13.5 Å². The van der Waals surface area contributed by atoms with E-state index in [9.17, 15) is 13.2 Å². The van der Waals surface area contributed by atoms with E-state index in [1.165, 1.54) is 0 Å². The lowest BCUT2D eigenvalue weighted by molar-refractivity contribution is -0.282. The van der Waals surface area contributed by atoms with E-state index in [2.05, 4.69) is 4.65 Å². The van der Waals surface area contributed by atoms with Gasteiger partial charge in [0.1, 0.15) is 0 Å². The molecule has 1 N–H and O–H groups in total. The molecule has 0 radical (unpaired) electrons. The van der Waals surface area contributed by atoms with Gasteiger partial charge in [-0.2, -0.15) is 0 Å². The molecule has 0 bridgehead atoms. The molecule has 0 spiro atoms. The fourth-order valence-corrected chi connectivity index (χ4v) is 0.153. The van der Waals surface area contributed by atoms with Crippen LogP contribution in [0.1, 0.15) is 0 Å². The second-order valence-corrected chi connectivity index (χ2v) is 1.05. The van der Waals surface area contributed by atoms with Crippen LogP contribution in [0.2, 0.25) is 0 Å².